The van der Waals surface area contributed by atoms with Gasteiger partial charge >= 0.3 is 0 Å². The van der Waals surface area contributed by atoms with E-state index in [1.165, 1.54) is 9.75 Å². The van der Waals surface area contributed by atoms with Gasteiger partial charge in [-0.2, -0.15) is 0 Å². The van der Waals surface area contributed by atoms with Gasteiger partial charge < -0.3 is 14.6 Å². The Morgan fingerprint density at radius 1 is 1.13 bits per heavy atom. The van der Waals surface area contributed by atoms with Gasteiger partial charge in [0, 0.05) is 48.0 Å². The Labute approximate surface area is 179 Å². The minimum absolute atomic E-state index is 0.221. The lowest BCUT2D eigenvalue weighted by Gasteiger charge is -2.25. The SMILES string of the molecule is COc1ccc(NC(=O)c2nnc3n2C[C@H]2CN(Cc4ccc(C)s4)C[C@H]2C3)cc1. The highest BCUT2D eigenvalue weighted by atomic mass is 32.1. The molecule has 3 aromatic rings. The molecular weight excluding hydrogens is 398 g/mol. The van der Waals surface area contributed by atoms with E-state index in [4.69, 9.17) is 4.74 Å². The van der Waals surface area contributed by atoms with E-state index in [9.17, 15) is 4.79 Å². The molecule has 0 aliphatic carbocycles. The largest absolute Gasteiger partial charge is 0.497 e. The van der Waals surface area contributed by atoms with E-state index < -0.39 is 0 Å². The van der Waals surface area contributed by atoms with Crippen molar-refractivity contribution in [2.24, 2.45) is 11.8 Å². The van der Waals surface area contributed by atoms with Gasteiger partial charge in [-0.25, -0.2) is 0 Å². The van der Waals surface area contributed by atoms with Crippen molar-refractivity contribution in [2.45, 2.75) is 26.4 Å². The second kappa shape index (κ2) is 7.85. The zero-order valence-corrected chi connectivity index (χ0v) is 18.0. The molecule has 1 fully saturated rings. The van der Waals surface area contributed by atoms with Crippen LogP contribution in [0.4, 0.5) is 5.69 Å². The predicted octanol–water partition coefficient (Wildman–Crippen LogP) is 3.21. The number of aromatic nitrogens is 3. The average molecular weight is 424 g/mol. The summed E-state index contributed by atoms with van der Waals surface area (Å²) in [5.74, 6) is 2.96. The average Bonchev–Trinajstić information content (AvgIpc) is 3.44. The summed E-state index contributed by atoms with van der Waals surface area (Å²) in [5, 5.41) is 11.5. The number of anilines is 1. The van der Waals surface area contributed by atoms with E-state index in [0.29, 0.717) is 23.3 Å². The van der Waals surface area contributed by atoms with Crippen molar-refractivity contribution in [1.82, 2.24) is 19.7 Å². The van der Waals surface area contributed by atoms with Crippen molar-refractivity contribution < 1.29 is 9.53 Å². The quantitative estimate of drug-likeness (QED) is 0.682. The molecule has 1 saturated heterocycles. The van der Waals surface area contributed by atoms with E-state index in [2.05, 4.69) is 39.5 Å². The molecule has 2 aliphatic heterocycles. The highest BCUT2D eigenvalue weighted by Crippen LogP contribution is 2.34. The number of ether oxygens (including phenoxy) is 1. The number of hydrogen-bond acceptors (Lipinski definition) is 6. The Bertz CT molecular complexity index is 1060. The number of carbonyl (C=O) groups is 1. The Morgan fingerprint density at radius 2 is 1.93 bits per heavy atom. The molecular formula is C22H25N5O2S. The van der Waals surface area contributed by atoms with E-state index in [-0.39, 0.29) is 5.91 Å². The molecule has 0 radical (unpaired) electrons. The van der Waals surface area contributed by atoms with Gasteiger partial charge in [0.2, 0.25) is 5.82 Å². The fraction of sp³-hybridized carbons (Fsp3) is 0.409. The number of aryl methyl sites for hydroxylation is 1. The number of hydrogen-bond donors (Lipinski definition) is 1. The van der Waals surface area contributed by atoms with Crippen molar-refractivity contribution in [2.75, 3.05) is 25.5 Å². The number of methoxy groups -OCH3 is 1. The summed E-state index contributed by atoms with van der Waals surface area (Å²) < 4.78 is 7.18. The number of fused-ring (bicyclic) bond motifs is 2. The molecule has 1 aromatic carbocycles. The second-order valence-electron chi connectivity index (χ2n) is 8.16. The third kappa shape index (κ3) is 3.73. The number of rotatable bonds is 5. The second-order valence-corrected chi connectivity index (χ2v) is 9.54. The molecule has 4 heterocycles. The first-order valence-electron chi connectivity index (χ1n) is 10.2. The van der Waals surface area contributed by atoms with Crippen LogP contribution in [0.3, 0.4) is 0 Å². The Hall–Kier alpha value is -2.71. The molecule has 1 amide bonds. The number of amides is 1. The van der Waals surface area contributed by atoms with E-state index in [1.807, 2.05) is 40.2 Å². The van der Waals surface area contributed by atoms with Crippen molar-refractivity contribution >= 4 is 22.9 Å². The smallest absolute Gasteiger partial charge is 0.293 e. The van der Waals surface area contributed by atoms with Crippen molar-refractivity contribution in [3.05, 3.63) is 57.8 Å². The first-order valence-corrected chi connectivity index (χ1v) is 11.1. The Morgan fingerprint density at radius 3 is 2.67 bits per heavy atom. The number of carbonyl (C=O) groups excluding carboxylic acids is 1. The minimum atomic E-state index is -0.221. The van der Waals surface area contributed by atoms with Crippen LogP contribution in [0.5, 0.6) is 5.75 Å². The van der Waals surface area contributed by atoms with Crippen LogP contribution in [0.15, 0.2) is 36.4 Å². The van der Waals surface area contributed by atoms with Crippen LogP contribution in [0, 0.1) is 18.8 Å². The Kier molecular flexibility index (Phi) is 5.04. The van der Waals surface area contributed by atoms with Gasteiger partial charge in [0.15, 0.2) is 0 Å². The molecule has 0 bridgehead atoms. The first kappa shape index (κ1) is 19.3. The summed E-state index contributed by atoms with van der Waals surface area (Å²) in [7, 11) is 1.62. The standard InChI is InChI=1S/C22H25N5O2S/c1-14-3-8-19(30-14)13-26-10-15-9-20-24-25-21(27(20)12-16(15)11-26)22(28)23-17-4-6-18(29-2)7-5-17/h3-8,15-16H,9-13H2,1-2H3,(H,23,28)/t15-,16-/m1/s1. The molecule has 5 rings (SSSR count). The summed E-state index contributed by atoms with van der Waals surface area (Å²) in [4.78, 5) is 18.1. The zero-order valence-electron chi connectivity index (χ0n) is 17.2. The van der Waals surface area contributed by atoms with Crippen LogP contribution in [-0.2, 0) is 19.5 Å². The number of thiophene rings is 1. The van der Waals surface area contributed by atoms with Crippen molar-refractivity contribution in [3.63, 3.8) is 0 Å². The van der Waals surface area contributed by atoms with Gasteiger partial charge in [-0.05, 0) is 55.2 Å². The molecule has 2 aromatic heterocycles. The monoisotopic (exact) mass is 423 g/mol. The molecule has 1 N–H and O–H groups in total. The van der Waals surface area contributed by atoms with Gasteiger partial charge in [-0.1, -0.05) is 0 Å². The van der Waals surface area contributed by atoms with Crippen LogP contribution in [0.2, 0.25) is 0 Å². The van der Waals surface area contributed by atoms with Crippen LogP contribution < -0.4 is 10.1 Å². The molecule has 0 spiro atoms. The summed E-state index contributed by atoms with van der Waals surface area (Å²) in [6.45, 7) is 6.11. The van der Waals surface area contributed by atoms with Crippen LogP contribution in [-0.4, -0.2) is 45.8 Å². The van der Waals surface area contributed by atoms with E-state index in [0.717, 1.165) is 44.2 Å². The molecule has 7 nitrogen and oxygen atoms in total. The summed E-state index contributed by atoms with van der Waals surface area (Å²) in [6.07, 6.45) is 0.882. The van der Waals surface area contributed by atoms with Crippen LogP contribution in [0.25, 0.3) is 0 Å². The van der Waals surface area contributed by atoms with Crippen LogP contribution in [0.1, 0.15) is 26.2 Å². The molecule has 0 unspecified atom stereocenters. The third-order valence-electron chi connectivity index (χ3n) is 6.07. The fourth-order valence-corrected chi connectivity index (χ4v) is 5.50. The van der Waals surface area contributed by atoms with Crippen molar-refractivity contribution in [1.29, 1.82) is 0 Å². The summed E-state index contributed by atoms with van der Waals surface area (Å²) in [5.41, 5.74) is 0.713. The minimum Gasteiger partial charge on any atom is -0.497 e. The van der Waals surface area contributed by atoms with Gasteiger partial charge in [-0.15, -0.1) is 21.5 Å². The first-order chi connectivity index (χ1) is 14.6. The maximum atomic E-state index is 12.8. The van der Waals surface area contributed by atoms with Crippen molar-refractivity contribution in [3.8, 4) is 5.75 Å². The number of likely N-dealkylation sites (tertiary alicyclic amines) is 1. The van der Waals surface area contributed by atoms with Gasteiger partial charge in [-0.3, -0.25) is 9.69 Å². The lowest BCUT2D eigenvalue weighted by molar-refractivity contribution is 0.100. The van der Waals surface area contributed by atoms with Gasteiger partial charge in [0.1, 0.15) is 11.6 Å². The lowest BCUT2D eigenvalue weighted by Crippen LogP contribution is -2.31. The van der Waals surface area contributed by atoms with Crippen LogP contribution >= 0.6 is 11.3 Å². The Balaban J connectivity index is 1.26. The predicted molar refractivity (Wildman–Crippen MR) is 116 cm³/mol. The van der Waals surface area contributed by atoms with E-state index in [1.54, 1.807) is 7.11 Å². The fourth-order valence-electron chi connectivity index (χ4n) is 4.57. The molecule has 8 heteroatoms. The summed E-state index contributed by atoms with van der Waals surface area (Å²) in [6, 6.07) is 11.7. The lowest BCUT2D eigenvalue weighted by atomic mass is 9.89. The maximum absolute atomic E-state index is 12.8. The highest BCUT2D eigenvalue weighted by Gasteiger charge is 2.39. The van der Waals surface area contributed by atoms with Gasteiger partial charge in [0.25, 0.3) is 5.91 Å². The normalized spacial score (nSPS) is 20.6. The zero-order chi connectivity index (χ0) is 20.7. The van der Waals surface area contributed by atoms with E-state index >= 15 is 0 Å². The maximum Gasteiger partial charge on any atom is 0.293 e. The highest BCUT2D eigenvalue weighted by molar-refractivity contribution is 7.11. The number of benzene rings is 1. The topological polar surface area (TPSA) is 72.3 Å². The molecule has 2 atom stereocenters. The molecule has 0 saturated carbocycles. The number of nitrogens with zero attached hydrogens (tertiary/aromatic N) is 4. The molecule has 156 valence electrons. The summed E-state index contributed by atoms with van der Waals surface area (Å²) >= 11 is 1.88. The number of nitrogens with one attached hydrogen (secondary N) is 1. The molecule has 2 aliphatic rings. The third-order valence-corrected chi connectivity index (χ3v) is 7.05. The molecule has 30 heavy (non-hydrogen) atoms. The van der Waals surface area contributed by atoms with Gasteiger partial charge in [0.05, 0.1) is 7.11 Å².